The summed E-state index contributed by atoms with van der Waals surface area (Å²) in [4.78, 5) is 20.5. The Kier molecular flexibility index (Phi) is 4.97. The molecular weight excluding hydrogens is 342 g/mol. The molecule has 27 heavy (non-hydrogen) atoms. The Hall–Kier alpha value is -2.25. The first-order valence-electron chi connectivity index (χ1n) is 9.64. The van der Waals surface area contributed by atoms with Crippen LogP contribution in [0.2, 0.25) is 0 Å². The molecule has 0 aromatic carbocycles. The molecular formula is C20H27N5O2. The number of likely N-dealkylation sites (tertiary alicyclic amines) is 2. The van der Waals surface area contributed by atoms with Gasteiger partial charge in [0.15, 0.2) is 0 Å². The number of carboxylic acid groups (broad SMARTS) is 1. The highest BCUT2D eigenvalue weighted by Crippen LogP contribution is 2.28. The van der Waals surface area contributed by atoms with Gasteiger partial charge in [0.05, 0.1) is 17.8 Å². The second-order valence-electron chi connectivity index (χ2n) is 7.86. The fraction of sp³-hybridized carbons (Fsp3) is 0.550. The third kappa shape index (κ3) is 3.61. The van der Waals surface area contributed by atoms with E-state index in [1.54, 1.807) is 12.3 Å². The van der Waals surface area contributed by atoms with Gasteiger partial charge >= 0.3 is 5.97 Å². The highest BCUT2D eigenvalue weighted by Gasteiger charge is 2.32. The third-order valence-corrected chi connectivity index (χ3v) is 6.07. The molecule has 0 saturated carbocycles. The van der Waals surface area contributed by atoms with E-state index in [-0.39, 0.29) is 0 Å². The Bertz CT molecular complexity index is 820. The van der Waals surface area contributed by atoms with Gasteiger partial charge in [0.25, 0.3) is 0 Å². The fourth-order valence-corrected chi connectivity index (χ4v) is 4.38. The molecule has 4 rings (SSSR count). The molecule has 0 bridgehead atoms. The Morgan fingerprint density at radius 1 is 1.19 bits per heavy atom. The zero-order chi connectivity index (χ0) is 19.0. The maximum absolute atomic E-state index is 11.4. The topological polar surface area (TPSA) is 74.5 Å². The maximum Gasteiger partial charge on any atom is 0.336 e. The monoisotopic (exact) mass is 369 g/mol. The summed E-state index contributed by atoms with van der Waals surface area (Å²) in [5, 5.41) is 14.0. The number of piperidine rings is 1. The summed E-state index contributed by atoms with van der Waals surface area (Å²) < 4.78 is 2.15. The van der Waals surface area contributed by atoms with Gasteiger partial charge in [-0.25, -0.2) is 4.79 Å². The average molecular weight is 369 g/mol. The van der Waals surface area contributed by atoms with E-state index in [9.17, 15) is 9.90 Å². The molecule has 0 atom stereocenters. The van der Waals surface area contributed by atoms with Crippen LogP contribution in [0.3, 0.4) is 0 Å². The molecule has 0 aliphatic carbocycles. The predicted molar refractivity (Wildman–Crippen MR) is 102 cm³/mol. The zero-order valence-electron chi connectivity index (χ0n) is 16.0. The van der Waals surface area contributed by atoms with Gasteiger partial charge in [-0.3, -0.25) is 14.6 Å². The lowest BCUT2D eigenvalue weighted by Crippen LogP contribution is -2.59. The number of carboxylic acids is 1. The van der Waals surface area contributed by atoms with Gasteiger partial charge < -0.3 is 10.0 Å². The average Bonchev–Trinajstić information content (AvgIpc) is 3.00. The molecule has 2 aromatic heterocycles. The Labute approximate surface area is 159 Å². The standard InChI is InChI=1S/C20H27N5O2/c1-14-15(9-16-10-21-6-3-19(16)20(26)27)11-22-25(14)17-4-7-24(8-5-17)18-12-23(2)13-18/h3,6,10-11,17-18H,4-5,7-9,12-13H2,1-2H3,(H,26,27). The lowest BCUT2D eigenvalue weighted by molar-refractivity contribution is 0.0294. The summed E-state index contributed by atoms with van der Waals surface area (Å²) >= 11 is 0. The summed E-state index contributed by atoms with van der Waals surface area (Å²) in [5.74, 6) is -0.911. The lowest BCUT2D eigenvalue weighted by Gasteiger charge is -2.46. The number of aromatic nitrogens is 3. The van der Waals surface area contributed by atoms with Gasteiger partial charge in [-0.05, 0) is 44.0 Å². The van der Waals surface area contributed by atoms with Crippen molar-refractivity contribution in [2.45, 2.75) is 38.3 Å². The van der Waals surface area contributed by atoms with Crippen LogP contribution < -0.4 is 0 Å². The summed E-state index contributed by atoms with van der Waals surface area (Å²) in [7, 11) is 2.18. The Morgan fingerprint density at radius 2 is 1.93 bits per heavy atom. The molecule has 4 heterocycles. The first kappa shape index (κ1) is 18.1. The SMILES string of the molecule is Cc1c(Cc2cnccc2C(=O)O)cnn1C1CCN(C2CN(C)C2)CC1. The largest absolute Gasteiger partial charge is 0.478 e. The second kappa shape index (κ2) is 7.40. The van der Waals surface area contributed by atoms with Crippen LogP contribution in [0.5, 0.6) is 0 Å². The van der Waals surface area contributed by atoms with Crippen LogP contribution in [0.1, 0.15) is 46.1 Å². The Morgan fingerprint density at radius 3 is 2.59 bits per heavy atom. The van der Waals surface area contributed by atoms with Crippen molar-refractivity contribution in [1.82, 2.24) is 24.6 Å². The van der Waals surface area contributed by atoms with Crippen molar-refractivity contribution in [2.24, 2.45) is 0 Å². The summed E-state index contributed by atoms with van der Waals surface area (Å²) in [6.07, 6.45) is 7.85. The van der Waals surface area contributed by atoms with Crippen LogP contribution in [0.25, 0.3) is 0 Å². The highest BCUT2D eigenvalue weighted by molar-refractivity contribution is 5.89. The van der Waals surface area contributed by atoms with E-state index >= 15 is 0 Å². The van der Waals surface area contributed by atoms with Crippen LogP contribution in [0.4, 0.5) is 0 Å². The minimum absolute atomic E-state index is 0.316. The molecule has 0 radical (unpaired) electrons. The molecule has 1 N–H and O–H groups in total. The zero-order valence-corrected chi connectivity index (χ0v) is 16.0. The number of hydrogen-bond acceptors (Lipinski definition) is 5. The number of hydrogen-bond donors (Lipinski definition) is 1. The summed E-state index contributed by atoms with van der Waals surface area (Å²) in [5.41, 5.74) is 3.26. The van der Waals surface area contributed by atoms with Gasteiger partial charge in [0.1, 0.15) is 0 Å². The van der Waals surface area contributed by atoms with E-state index in [4.69, 9.17) is 0 Å². The van der Waals surface area contributed by atoms with E-state index in [1.165, 1.54) is 19.3 Å². The molecule has 2 aliphatic heterocycles. The van der Waals surface area contributed by atoms with Crippen molar-refractivity contribution >= 4 is 5.97 Å². The molecule has 2 aliphatic rings. The number of rotatable bonds is 5. The number of likely N-dealkylation sites (N-methyl/N-ethyl adjacent to an activating group) is 1. The number of nitrogens with zero attached hydrogens (tertiary/aromatic N) is 5. The summed E-state index contributed by atoms with van der Waals surface area (Å²) in [6.45, 7) is 6.72. The van der Waals surface area contributed by atoms with Crippen LogP contribution in [0, 0.1) is 6.92 Å². The number of carbonyl (C=O) groups is 1. The van der Waals surface area contributed by atoms with Crippen LogP contribution in [0.15, 0.2) is 24.7 Å². The van der Waals surface area contributed by atoms with Gasteiger partial charge in [-0.15, -0.1) is 0 Å². The first-order chi connectivity index (χ1) is 13.0. The minimum Gasteiger partial charge on any atom is -0.478 e. The van der Waals surface area contributed by atoms with Crippen LogP contribution in [-0.2, 0) is 6.42 Å². The van der Waals surface area contributed by atoms with E-state index in [1.807, 2.05) is 6.20 Å². The van der Waals surface area contributed by atoms with Crippen LogP contribution in [-0.4, -0.2) is 74.9 Å². The Balaban J connectivity index is 1.43. The van der Waals surface area contributed by atoms with Crippen LogP contribution >= 0.6 is 0 Å². The molecule has 7 heteroatoms. The van der Waals surface area contributed by atoms with Crippen molar-refractivity contribution in [2.75, 3.05) is 33.2 Å². The van der Waals surface area contributed by atoms with E-state index in [0.717, 1.165) is 48.8 Å². The normalized spacial score (nSPS) is 19.9. The quantitative estimate of drug-likeness (QED) is 0.867. The summed E-state index contributed by atoms with van der Waals surface area (Å²) in [6, 6.07) is 2.72. The van der Waals surface area contributed by atoms with Crippen molar-refractivity contribution in [3.8, 4) is 0 Å². The second-order valence-corrected chi connectivity index (χ2v) is 7.86. The molecule has 0 amide bonds. The van der Waals surface area contributed by atoms with Gasteiger partial charge in [-0.1, -0.05) is 0 Å². The number of aromatic carboxylic acids is 1. The highest BCUT2D eigenvalue weighted by atomic mass is 16.4. The van der Waals surface area contributed by atoms with Gasteiger partial charge in [0.2, 0.25) is 0 Å². The smallest absolute Gasteiger partial charge is 0.336 e. The lowest BCUT2D eigenvalue weighted by atomic mass is 9.99. The fourth-order valence-electron chi connectivity index (χ4n) is 4.38. The molecule has 144 valence electrons. The third-order valence-electron chi connectivity index (χ3n) is 6.07. The molecule has 2 fully saturated rings. The van der Waals surface area contributed by atoms with Crippen molar-refractivity contribution in [3.63, 3.8) is 0 Å². The van der Waals surface area contributed by atoms with Crippen molar-refractivity contribution in [3.05, 3.63) is 47.0 Å². The molecule has 7 nitrogen and oxygen atoms in total. The minimum atomic E-state index is -0.911. The molecule has 0 spiro atoms. The predicted octanol–water partition coefficient (Wildman–Crippen LogP) is 1.83. The van der Waals surface area contributed by atoms with Crippen molar-refractivity contribution in [1.29, 1.82) is 0 Å². The van der Waals surface area contributed by atoms with Gasteiger partial charge in [-0.2, -0.15) is 5.10 Å². The van der Waals surface area contributed by atoms with E-state index in [2.05, 4.69) is 38.5 Å². The van der Waals surface area contributed by atoms with E-state index in [0.29, 0.717) is 18.0 Å². The maximum atomic E-state index is 11.4. The van der Waals surface area contributed by atoms with Crippen molar-refractivity contribution < 1.29 is 9.90 Å². The number of pyridine rings is 1. The van der Waals surface area contributed by atoms with Gasteiger partial charge in [0, 0.05) is 56.7 Å². The van der Waals surface area contributed by atoms with E-state index < -0.39 is 5.97 Å². The molecule has 0 unspecified atom stereocenters. The molecule has 2 aromatic rings. The molecule has 2 saturated heterocycles. The first-order valence-corrected chi connectivity index (χ1v) is 9.64.